The SMILES string of the molecule is CN(C)CCCOc1ccc(C=C2C(=O)NC(=O)NC2=O)cc1. The topological polar surface area (TPSA) is 87.7 Å². The van der Waals surface area contributed by atoms with Gasteiger partial charge in [0.1, 0.15) is 11.3 Å². The summed E-state index contributed by atoms with van der Waals surface area (Å²) in [4.78, 5) is 36.3. The molecule has 0 unspecified atom stereocenters. The van der Waals surface area contributed by atoms with Crippen molar-refractivity contribution in [3.63, 3.8) is 0 Å². The van der Waals surface area contributed by atoms with Crippen LogP contribution in [0.15, 0.2) is 29.8 Å². The molecular formula is C16H19N3O4. The lowest BCUT2D eigenvalue weighted by Gasteiger charge is -2.14. The third-order valence-electron chi connectivity index (χ3n) is 3.15. The van der Waals surface area contributed by atoms with E-state index in [4.69, 9.17) is 4.74 Å². The molecular weight excluding hydrogens is 298 g/mol. The minimum Gasteiger partial charge on any atom is -0.494 e. The number of nitrogens with zero attached hydrogens (tertiary/aromatic N) is 1. The summed E-state index contributed by atoms with van der Waals surface area (Å²) in [6.07, 6.45) is 2.35. The number of carbonyl (C=O) groups is 3. The van der Waals surface area contributed by atoms with Gasteiger partial charge in [0.25, 0.3) is 11.8 Å². The molecule has 1 aliphatic heterocycles. The van der Waals surface area contributed by atoms with E-state index >= 15 is 0 Å². The Balaban J connectivity index is 1.97. The fourth-order valence-corrected chi connectivity index (χ4v) is 2.00. The second-order valence-electron chi connectivity index (χ2n) is 5.37. The molecule has 7 nitrogen and oxygen atoms in total. The van der Waals surface area contributed by atoms with Crippen LogP contribution in [0.3, 0.4) is 0 Å². The molecule has 2 rings (SSSR count). The van der Waals surface area contributed by atoms with Crippen LogP contribution in [0.4, 0.5) is 4.79 Å². The largest absolute Gasteiger partial charge is 0.494 e. The van der Waals surface area contributed by atoms with E-state index in [-0.39, 0.29) is 5.57 Å². The fourth-order valence-electron chi connectivity index (χ4n) is 2.00. The Bertz CT molecular complexity index is 613. The first-order valence-corrected chi connectivity index (χ1v) is 7.21. The lowest BCUT2D eigenvalue weighted by atomic mass is 10.1. The lowest BCUT2D eigenvalue weighted by Crippen LogP contribution is -2.51. The number of amides is 4. The predicted octanol–water partition coefficient (Wildman–Crippen LogP) is 0.766. The van der Waals surface area contributed by atoms with Gasteiger partial charge in [0, 0.05) is 6.54 Å². The van der Waals surface area contributed by atoms with Gasteiger partial charge in [-0.1, -0.05) is 12.1 Å². The van der Waals surface area contributed by atoms with E-state index in [9.17, 15) is 14.4 Å². The van der Waals surface area contributed by atoms with Crippen LogP contribution in [0.2, 0.25) is 0 Å². The van der Waals surface area contributed by atoms with Crippen molar-refractivity contribution >= 4 is 23.9 Å². The van der Waals surface area contributed by atoms with Crippen LogP contribution in [0.25, 0.3) is 6.08 Å². The van der Waals surface area contributed by atoms with Crippen LogP contribution in [-0.2, 0) is 9.59 Å². The van der Waals surface area contributed by atoms with Gasteiger partial charge >= 0.3 is 6.03 Å². The average molecular weight is 317 g/mol. The maximum absolute atomic E-state index is 11.6. The van der Waals surface area contributed by atoms with Gasteiger partial charge in [0.2, 0.25) is 0 Å². The number of benzene rings is 1. The highest BCUT2D eigenvalue weighted by atomic mass is 16.5. The number of urea groups is 1. The van der Waals surface area contributed by atoms with Crippen LogP contribution < -0.4 is 15.4 Å². The number of rotatable bonds is 6. The van der Waals surface area contributed by atoms with Crippen LogP contribution >= 0.6 is 0 Å². The quantitative estimate of drug-likeness (QED) is 0.460. The van der Waals surface area contributed by atoms with Crippen molar-refractivity contribution in [2.75, 3.05) is 27.2 Å². The summed E-state index contributed by atoms with van der Waals surface area (Å²) >= 11 is 0. The summed E-state index contributed by atoms with van der Waals surface area (Å²) in [5.74, 6) is -0.691. The van der Waals surface area contributed by atoms with Crippen LogP contribution in [0, 0.1) is 0 Å². The number of ether oxygens (including phenoxy) is 1. The smallest absolute Gasteiger partial charge is 0.328 e. The molecule has 7 heteroatoms. The number of barbiturate groups is 1. The van der Waals surface area contributed by atoms with Crippen molar-refractivity contribution in [1.29, 1.82) is 0 Å². The number of imide groups is 2. The first-order valence-electron chi connectivity index (χ1n) is 7.21. The van der Waals surface area contributed by atoms with Crippen LogP contribution in [0.5, 0.6) is 5.75 Å². The summed E-state index contributed by atoms with van der Waals surface area (Å²) in [7, 11) is 4.01. The third-order valence-corrected chi connectivity index (χ3v) is 3.15. The van der Waals surface area contributed by atoms with Gasteiger partial charge < -0.3 is 9.64 Å². The van der Waals surface area contributed by atoms with E-state index in [1.165, 1.54) is 6.08 Å². The van der Waals surface area contributed by atoms with E-state index in [1.807, 2.05) is 24.7 Å². The molecule has 23 heavy (non-hydrogen) atoms. The summed E-state index contributed by atoms with van der Waals surface area (Å²) in [5.41, 5.74) is 0.560. The van der Waals surface area contributed by atoms with Gasteiger partial charge in [0.15, 0.2) is 0 Å². The summed E-state index contributed by atoms with van der Waals surface area (Å²) in [6, 6.07) is 6.22. The Kier molecular flexibility index (Phi) is 5.48. The zero-order valence-electron chi connectivity index (χ0n) is 13.1. The Morgan fingerprint density at radius 3 is 2.22 bits per heavy atom. The molecule has 0 saturated carbocycles. The molecule has 1 aromatic rings. The van der Waals surface area contributed by atoms with Gasteiger partial charge in [-0.25, -0.2) is 4.79 Å². The van der Waals surface area contributed by atoms with Gasteiger partial charge in [0.05, 0.1) is 6.61 Å². The van der Waals surface area contributed by atoms with Crippen molar-refractivity contribution in [3.05, 3.63) is 35.4 Å². The molecule has 0 bridgehead atoms. The zero-order chi connectivity index (χ0) is 16.8. The molecule has 0 aliphatic carbocycles. The Morgan fingerprint density at radius 2 is 1.65 bits per heavy atom. The maximum atomic E-state index is 11.6. The first kappa shape index (κ1) is 16.7. The molecule has 0 radical (unpaired) electrons. The molecule has 2 N–H and O–H groups in total. The van der Waals surface area contributed by atoms with Crippen molar-refractivity contribution in [2.24, 2.45) is 0 Å². The van der Waals surface area contributed by atoms with Gasteiger partial charge in [-0.2, -0.15) is 0 Å². The van der Waals surface area contributed by atoms with E-state index in [0.717, 1.165) is 18.7 Å². The lowest BCUT2D eigenvalue weighted by molar-refractivity contribution is -0.123. The number of hydrogen-bond acceptors (Lipinski definition) is 5. The minimum atomic E-state index is -0.807. The minimum absolute atomic E-state index is 0.107. The fraction of sp³-hybridized carbons (Fsp3) is 0.312. The van der Waals surface area contributed by atoms with E-state index in [2.05, 4.69) is 4.90 Å². The van der Waals surface area contributed by atoms with Gasteiger partial charge in [-0.05, 0) is 44.3 Å². The van der Waals surface area contributed by atoms with Gasteiger partial charge in [-0.15, -0.1) is 0 Å². The number of hydrogen-bond donors (Lipinski definition) is 2. The van der Waals surface area contributed by atoms with Gasteiger partial charge in [-0.3, -0.25) is 20.2 Å². The summed E-state index contributed by atoms with van der Waals surface area (Å²) in [5, 5.41) is 4.06. The second-order valence-corrected chi connectivity index (χ2v) is 5.37. The zero-order valence-corrected chi connectivity index (χ0v) is 13.1. The molecule has 1 saturated heterocycles. The monoisotopic (exact) mass is 317 g/mol. The third kappa shape index (κ3) is 4.93. The molecule has 0 spiro atoms. The second kappa shape index (κ2) is 7.55. The van der Waals surface area contributed by atoms with Crippen LogP contribution in [-0.4, -0.2) is 50.0 Å². The van der Waals surface area contributed by atoms with Crippen molar-refractivity contribution < 1.29 is 19.1 Å². The highest BCUT2D eigenvalue weighted by Crippen LogP contribution is 2.15. The molecule has 1 aromatic carbocycles. The number of nitrogens with one attached hydrogen (secondary N) is 2. The molecule has 4 amide bonds. The molecule has 1 heterocycles. The molecule has 0 atom stereocenters. The standard InChI is InChI=1S/C16H19N3O4/c1-19(2)8-3-9-23-12-6-4-11(5-7-12)10-13-14(20)17-16(22)18-15(13)21/h4-7,10H,3,8-9H2,1-2H3,(H2,17,18,20,21,22). The summed E-state index contributed by atoms with van der Waals surface area (Å²) < 4.78 is 5.61. The van der Waals surface area contributed by atoms with Crippen molar-refractivity contribution in [1.82, 2.24) is 15.5 Å². The maximum Gasteiger partial charge on any atom is 0.328 e. The highest BCUT2D eigenvalue weighted by molar-refractivity contribution is 6.31. The van der Waals surface area contributed by atoms with Crippen LogP contribution in [0.1, 0.15) is 12.0 Å². The van der Waals surface area contributed by atoms with E-state index in [0.29, 0.717) is 12.2 Å². The molecule has 1 fully saturated rings. The van der Waals surface area contributed by atoms with Crippen molar-refractivity contribution in [2.45, 2.75) is 6.42 Å². The summed E-state index contributed by atoms with van der Waals surface area (Å²) in [6.45, 7) is 1.57. The Morgan fingerprint density at radius 1 is 1.04 bits per heavy atom. The Labute approximate surface area is 134 Å². The molecule has 122 valence electrons. The predicted molar refractivity (Wildman–Crippen MR) is 84.8 cm³/mol. The number of carbonyl (C=O) groups excluding carboxylic acids is 3. The molecule has 0 aromatic heterocycles. The normalized spacial score (nSPS) is 14.6. The Hall–Kier alpha value is -2.67. The first-order chi connectivity index (χ1) is 11.0. The van der Waals surface area contributed by atoms with Crippen molar-refractivity contribution in [3.8, 4) is 5.75 Å². The van der Waals surface area contributed by atoms with E-state index in [1.54, 1.807) is 24.3 Å². The molecule has 1 aliphatic rings. The van der Waals surface area contributed by atoms with E-state index < -0.39 is 17.8 Å². The average Bonchev–Trinajstić information content (AvgIpc) is 2.48. The highest BCUT2D eigenvalue weighted by Gasteiger charge is 2.27.